The van der Waals surface area contributed by atoms with E-state index in [4.69, 9.17) is 4.74 Å². The molecule has 3 aromatic rings. The minimum Gasteiger partial charge on any atom is -0.489 e. The van der Waals surface area contributed by atoms with Gasteiger partial charge in [0.05, 0.1) is 24.1 Å². The molecular formula is C23H26N2O4. The molecule has 1 heterocycles. The number of aromatic carboxylic acids is 1. The summed E-state index contributed by atoms with van der Waals surface area (Å²) in [6, 6.07) is 14.5. The maximum atomic E-state index is 11.3. The first-order valence-electron chi connectivity index (χ1n) is 9.79. The zero-order valence-corrected chi connectivity index (χ0v) is 16.5. The molecule has 1 aromatic heterocycles. The minimum atomic E-state index is -0.960. The molecule has 0 aliphatic carbocycles. The summed E-state index contributed by atoms with van der Waals surface area (Å²) in [7, 11) is 0. The summed E-state index contributed by atoms with van der Waals surface area (Å²) >= 11 is 0. The van der Waals surface area contributed by atoms with Crippen LogP contribution in [-0.2, 0) is 26.2 Å². The topological polar surface area (TPSA) is 84.6 Å². The van der Waals surface area contributed by atoms with Gasteiger partial charge < -0.3 is 19.5 Å². The summed E-state index contributed by atoms with van der Waals surface area (Å²) in [5.74, 6) is 0.702. The van der Waals surface area contributed by atoms with E-state index in [0.29, 0.717) is 17.9 Å². The summed E-state index contributed by atoms with van der Waals surface area (Å²) in [4.78, 5) is 15.7. The Balaban J connectivity index is 1.67. The van der Waals surface area contributed by atoms with E-state index in [9.17, 15) is 15.0 Å². The smallest absolute Gasteiger partial charge is 0.336 e. The van der Waals surface area contributed by atoms with Crippen LogP contribution in [0.5, 0.6) is 5.75 Å². The molecule has 0 aliphatic rings. The molecule has 0 aliphatic heterocycles. The first-order valence-corrected chi connectivity index (χ1v) is 9.79. The van der Waals surface area contributed by atoms with Gasteiger partial charge in [-0.3, -0.25) is 0 Å². The summed E-state index contributed by atoms with van der Waals surface area (Å²) in [5.41, 5.74) is 2.77. The van der Waals surface area contributed by atoms with E-state index in [1.165, 1.54) is 0 Å². The lowest BCUT2D eigenvalue weighted by atomic mass is 10.1. The Labute approximate surface area is 170 Å². The van der Waals surface area contributed by atoms with Gasteiger partial charge in [-0.25, -0.2) is 9.78 Å². The van der Waals surface area contributed by atoms with Crippen LogP contribution in [0.4, 0.5) is 0 Å². The molecule has 152 valence electrons. The number of aromatic nitrogens is 2. The molecule has 0 saturated heterocycles. The Morgan fingerprint density at radius 1 is 1.14 bits per heavy atom. The van der Waals surface area contributed by atoms with E-state index in [0.717, 1.165) is 36.3 Å². The van der Waals surface area contributed by atoms with Crippen LogP contribution in [0, 0.1) is 0 Å². The molecule has 29 heavy (non-hydrogen) atoms. The van der Waals surface area contributed by atoms with Crippen molar-refractivity contribution in [1.82, 2.24) is 9.55 Å². The molecule has 0 spiro atoms. The second-order valence-corrected chi connectivity index (χ2v) is 6.91. The van der Waals surface area contributed by atoms with Gasteiger partial charge in [-0.2, -0.15) is 0 Å². The number of hydrogen-bond acceptors (Lipinski definition) is 4. The Hall–Kier alpha value is -3.12. The predicted molar refractivity (Wildman–Crippen MR) is 110 cm³/mol. The fourth-order valence-electron chi connectivity index (χ4n) is 3.20. The Bertz CT molecular complexity index is 948. The number of aliphatic hydroxyl groups excluding tert-OH is 1. The fraction of sp³-hybridized carbons (Fsp3) is 0.304. The Kier molecular flexibility index (Phi) is 7.03. The second-order valence-electron chi connectivity index (χ2n) is 6.91. The van der Waals surface area contributed by atoms with Crippen LogP contribution in [0.15, 0.2) is 54.7 Å². The number of ether oxygens (including phenoxy) is 1. The van der Waals surface area contributed by atoms with Crippen LogP contribution in [-0.4, -0.2) is 25.7 Å². The molecule has 0 saturated carbocycles. The van der Waals surface area contributed by atoms with Crippen molar-refractivity contribution in [2.75, 3.05) is 0 Å². The van der Waals surface area contributed by atoms with Gasteiger partial charge in [0.2, 0.25) is 0 Å². The summed E-state index contributed by atoms with van der Waals surface area (Å²) in [6.07, 6.45) is 4.79. The van der Waals surface area contributed by atoms with Crippen LogP contribution < -0.4 is 4.74 Å². The van der Waals surface area contributed by atoms with Gasteiger partial charge in [0, 0.05) is 18.5 Å². The Morgan fingerprint density at radius 3 is 2.59 bits per heavy atom. The first kappa shape index (κ1) is 20.6. The van der Waals surface area contributed by atoms with Crippen molar-refractivity contribution in [3.8, 4) is 5.75 Å². The average molecular weight is 394 g/mol. The highest BCUT2D eigenvalue weighted by Crippen LogP contribution is 2.18. The summed E-state index contributed by atoms with van der Waals surface area (Å²) in [6.45, 7) is 2.94. The van der Waals surface area contributed by atoms with Crippen molar-refractivity contribution >= 4 is 5.97 Å². The molecular weight excluding hydrogens is 368 g/mol. The van der Waals surface area contributed by atoms with Crippen molar-refractivity contribution < 1.29 is 19.7 Å². The van der Waals surface area contributed by atoms with Gasteiger partial charge >= 0.3 is 5.97 Å². The molecule has 0 fully saturated rings. The third kappa shape index (κ3) is 5.23. The summed E-state index contributed by atoms with van der Waals surface area (Å²) in [5, 5.41) is 18.9. The second kappa shape index (κ2) is 9.89. The van der Waals surface area contributed by atoms with E-state index in [-0.39, 0.29) is 18.8 Å². The number of rotatable bonds is 10. The number of unbranched alkanes of at least 4 members (excludes halogenated alkanes) is 1. The van der Waals surface area contributed by atoms with Gasteiger partial charge in [-0.1, -0.05) is 43.7 Å². The third-order valence-electron chi connectivity index (χ3n) is 4.84. The first-order chi connectivity index (χ1) is 14.1. The molecule has 0 radical (unpaired) electrons. The van der Waals surface area contributed by atoms with Crippen molar-refractivity contribution in [3.63, 3.8) is 0 Å². The third-order valence-corrected chi connectivity index (χ3v) is 4.84. The fourth-order valence-corrected chi connectivity index (χ4v) is 3.20. The molecule has 0 atom stereocenters. The lowest BCUT2D eigenvalue weighted by Crippen LogP contribution is -2.09. The van der Waals surface area contributed by atoms with Crippen molar-refractivity contribution in [2.24, 2.45) is 0 Å². The average Bonchev–Trinajstić information content (AvgIpc) is 3.13. The number of nitrogens with zero attached hydrogens (tertiary/aromatic N) is 2. The van der Waals surface area contributed by atoms with E-state index < -0.39 is 5.97 Å². The van der Waals surface area contributed by atoms with Gasteiger partial charge in [0.25, 0.3) is 0 Å². The van der Waals surface area contributed by atoms with Crippen molar-refractivity contribution in [1.29, 1.82) is 0 Å². The molecule has 6 nitrogen and oxygen atoms in total. The number of aliphatic hydroxyl groups is 1. The van der Waals surface area contributed by atoms with Crippen LogP contribution in [0.2, 0.25) is 0 Å². The van der Waals surface area contributed by atoms with Crippen LogP contribution in [0.3, 0.4) is 0 Å². The van der Waals surface area contributed by atoms with Gasteiger partial charge in [0.15, 0.2) is 0 Å². The number of aryl methyl sites for hydroxylation is 1. The number of hydrogen-bond donors (Lipinski definition) is 2. The minimum absolute atomic E-state index is 0.0384. The number of carboxylic acids is 1. The highest BCUT2D eigenvalue weighted by atomic mass is 16.5. The molecule has 2 aromatic carbocycles. The number of carbonyl (C=O) groups is 1. The standard InChI is InChI=1S/C23H26N2O4/c1-2-3-8-22-24-13-19(15-26)25(22)14-17-9-11-20(12-10-17)29-16-18-6-4-5-7-21(18)23(27)28/h4-7,9-13,26H,2-3,8,14-16H2,1H3,(H,27,28). The molecule has 2 N–H and O–H groups in total. The zero-order chi connectivity index (χ0) is 20.6. The van der Waals surface area contributed by atoms with Crippen LogP contribution in [0.25, 0.3) is 0 Å². The van der Waals surface area contributed by atoms with Gasteiger partial charge in [-0.05, 0) is 30.2 Å². The molecule has 0 bridgehead atoms. The summed E-state index contributed by atoms with van der Waals surface area (Å²) < 4.78 is 7.84. The monoisotopic (exact) mass is 394 g/mol. The number of imidazole rings is 1. The molecule has 0 amide bonds. The lowest BCUT2D eigenvalue weighted by molar-refractivity contribution is 0.0694. The molecule has 3 rings (SSSR count). The maximum Gasteiger partial charge on any atom is 0.336 e. The molecule has 0 unspecified atom stereocenters. The number of carboxylic acid groups (broad SMARTS) is 1. The highest BCUT2D eigenvalue weighted by molar-refractivity contribution is 5.89. The highest BCUT2D eigenvalue weighted by Gasteiger charge is 2.11. The van der Waals surface area contributed by atoms with E-state index >= 15 is 0 Å². The molecule has 6 heteroatoms. The SMILES string of the molecule is CCCCc1ncc(CO)n1Cc1ccc(OCc2ccccc2C(=O)O)cc1. The lowest BCUT2D eigenvalue weighted by Gasteiger charge is -2.12. The maximum absolute atomic E-state index is 11.3. The number of benzene rings is 2. The van der Waals surface area contributed by atoms with E-state index in [1.807, 2.05) is 24.3 Å². The zero-order valence-electron chi connectivity index (χ0n) is 16.5. The van der Waals surface area contributed by atoms with Gasteiger partial charge in [-0.15, -0.1) is 0 Å². The van der Waals surface area contributed by atoms with E-state index in [1.54, 1.807) is 30.5 Å². The van der Waals surface area contributed by atoms with Gasteiger partial charge in [0.1, 0.15) is 18.2 Å². The Morgan fingerprint density at radius 2 is 1.90 bits per heavy atom. The predicted octanol–water partition coefficient (Wildman–Crippen LogP) is 4.04. The van der Waals surface area contributed by atoms with E-state index in [2.05, 4.69) is 16.5 Å². The quantitative estimate of drug-likeness (QED) is 0.542. The van der Waals surface area contributed by atoms with Crippen LogP contribution in [0.1, 0.15) is 52.8 Å². The van der Waals surface area contributed by atoms with Crippen LogP contribution >= 0.6 is 0 Å². The largest absolute Gasteiger partial charge is 0.489 e. The van der Waals surface area contributed by atoms with Crippen molar-refractivity contribution in [3.05, 3.63) is 82.9 Å². The normalized spacial score (nSPS) is 10.8. The van der Waals surface area contributed by atoms with Crippen molar-refractivity contribution in [2.45, 2.75) is 45.9 Å².